The van der Waals surface area contributed by atoms with Crippen LogP contribution < -0.4 is 0 Å². The summed E-state index contributed by atoms with van der Waals surface area (Å²) in [5.74, 6) is 0.612. The summed E-state index contributed by atoms with van der Waals surface area (Å²) in [7, 11) is 0. The standard InChI is InChI=1S/C26H34.Li.H/c1-17(2)19-12-18-10-9-11-23(24(18)15-19)20-13-21(25(3,4)5)16-22(14-20)26(6,7)8;;/h9-11,13-17H,12H2,1-8H3;;. The van der Waals surface area contributed by atoms with Crippen LogP contribution in [0.15, 0.2) is 42.0 Å². The Bertz CT molecular complexity index is 823. The van der Waals surface area contributed by atoms with Crippen molar-refractivity contribution in [1.29, 1.82) is 0 Å². The molecule has 0 heterocycles. The van der Waals surface area contributed by atoms with Crippen molar-refractivity contribution >= 4 is 24.9 Å². The molecule has 0 spiro atoms. The Balaban J connectivity index is 0.00000261. The van der Waals surface area contributed by atoms with Crippen molar-refractivity contribution in [2.45, 2.75) is 72.6 Å². The molecule has 2 aromatic rings. The molecule has 140 valence electrons. The molecule has 0 atom stereocenters. The summed E-state index contributed by atoms with van der Waals surface area (Å²) >= 11 is 0. The van der Waals surface area contributed by atoms with Gasteiger partial charge in [-0.3, -0.25) is 0 Å². The van der Waals surface area contributed by atoms with Gasteiger partial charge in [-0.2, -0.15) is 0 Å². The van der Waals surface area contributed by atoms with Gasteiger partial charge in [0.25, 0.3) is 0 Å². The van der Waals surface area contributed by atoms with Gasteiger partial charge in [0.2, 0.25) is 0 Å². The molecule has 0 aromatic heterocycles. The van der Waals surface area contributed by atoms with E-state index in [2.05, 4.69) is 97.9 Å². The topological polar surface area (TPSA) is 0 Å². The molecule has 0 amide bonds. The van der Waals surface area contributed by atoms with E-state index < -0.39 is 0 Å². The number of benzene rings is 2. The van der Waals surface area contributed by atoms with E-state index in [4.69, 9.17) is 0 Å². The normalized spacial score (nSPS) is 14.0. The molecule has 0 aliphatic heterocycles. The van der Waals surface area contributed by atoms with Crippen LogP contribution in [0.3, 0.4) is 0 Å². The van der Waals surface area contributed by atoms with E-state index in [9.17, 15) is 0 Å². The van der Waals surface area contributed by atoms with Gasteiger partial charge in [0.1, 0.15) is 0 Å². The summed E-state index contributed by atoms with van der Waals surface area (Å²) in [4.78, 5) is 0. The van der Waals surface area contributed by atoms with E-state index in [1.54, 1.807) is 5.57 Å². The van der Waals surface area contributed by atoms with Gasteiger partial charge in [-0.15, -0.1) is 0 Å². The van der Waals surface area contributed by atoms with Crippen LogP contribution >= 0.6 is 0 Å². The molecular weight excluding hydrogens is 319 g/mol. The Labute approximate surface area is 178 Å². The third-order valence-electron chi connectivity index (χ3n) is 5.64. The molecule has 1 aliphatic rings. The summed E-state index contributed by atoms with van der Waals surface area (Å²) in [6, 6.07) is 14.0. The maximum absolute atomic E-state index is 2.44. The van der Waals surface area contributed by atoms with E-state index in [1.165, 1.54) is 33.4 Å². The Kier molecular flexibility index (Phi) is 6.26. The van der Waals surface area contributed by atoms with E-state index in [0.29, 0.717) is 5.92 Å². The van der Waals surface area contributed by atoms with Crippen LogP contribution in [0.5, 0.6) is 0 Å². The Hall–Kier alpha value is -1.22. The predicted octanol–water partition coefficient (Wildman–Crippen LogP) is 6.90. The molecule has 0 nitrogen and oxygen atoms in total. The summed E-state index contributed by atoms with van der Waals surface area (Å²) in [5, 5.41) is 0. The molecule has 1 aliphatic carbocycles. The van der Waals surface area contributed by atoms with Gasteiger partial charge in [0.05, 0.1) is 0 Å². The van der Waals surface area contributed by atoms with Crippen molar-refractivity contribution in [3.8, 4) is 11.1 Å². The molecule has 0 N–H and O–H groups in total. The van der Waals surface area contributed by atoms with Crippen LogP contribution in [0.1, 0.15) is 77.6 Å². The van der Waals surface area contributed by atoms with Gasteiger partial charge < -0.3 is 0 Å². The second-order valence-corrected chi connectivity index (χ2v) is 10.2. The zero-order chi connectivity index (χ0) is 19.3. The van der Waals surface area contributed by atoms with Gasteiger partial charge in [-0.05, 0) is 56.5 Å². The SMILES string of the molecule is CC(C)C1=Cc2c(cccc2-c2cc(C(C)(C)C)cc(C(C)(C)C)c2)C1.[LiH]. The van der Waals surface area contributed by atoms with Gasteiger partial charge >= 0.3 is 18.9 Å². The third kappa shape index (κ3) is 4.61. The van der Waals surface area contributed by atoms with E-state index in [0.717, 1.165) is 6.42 Å². The number of fused-ring (bicyclic) bond motifs is 1. The summed E-state index contributed by atoms with van der Waals surface area (Å²) in [6.45, 7) is 18.5. The molecule has 0 unspecified atom stereocenters. The predicted molar refractivity (Wildman–Crippen MR) is 123 cm³/mol. The Morgan fingerprint density at radius 1 is 0.815 bits per heavy atom. The van der Waals surface area contributed by atoms with Crippen molar-refractivity contribution in [1.82, 2.24) is 0 Å². The molecule has 0 radical (unpaired) electrons. The van der Waals surface area contributed by atoms with Crippen molar-refractivity contribution in [3.63, 3.8) is 0 Å². The molecule has 0 saturated heterocycles. The Morgan fingerprint density at radius 2 is 1.37 bits per heavy atom. The maximum atomic E-state index is 2.44. The summed E-state index contributed by atoms with van der Waals surface area (Å²) in [5.41, 5.74) is 10.3. The van der Waals surface area contributed by atoms with E-state index in [1.807, 2.05) is 0 Å². The first-order valence-electron chi connectivity index (χ1n) is 9.95. The third-order valence-corrected chi connectivity index (χ3v) is 5.64. The second-order valence-electron chi connectivity index (χ2n) is 10.2. The van der Waals surface area contributed by atoms with Crippen LogP contribution in [0.4, 0.5) is 0 Å². The fraction of sp³-hybridized carbons (Fsp3) is 0.462. The zero-order valence-electron chi connectivity index (χ0n) is 17.8. The van der Waals surface area contributed by atoms with Crippen LogP contribution in [-0.2, 0) is 17.3 Å². The van der Waals surface area contributed by atoms with Crippen molar-refractivity contribution in [2.75, 3.05) is 0 Å². The molecular formula is C26H35Li. The molecule has 2 aromatic carbocycles. The second kappa shape index (κ2) is 7.66. The minimum absolute atomic E-state index is 0. The first kappa shape index (κ1) is 22.1. The van der Waals surface area contributed by atoms with Crippen molar-refractivity contribution in [2.24, 2.45) is 5.92 Å². The first-order valence-corrected chi connectivity index (χ1v) is 9.95. The average Bonchev–Trinajstić information content (AvgIpc) is 2.97. The van der Waals surface area contributed by atoms with Crippen molar-refractivity contribution < 1.29 is 0 Å². The van der Waals surface area contributed by atoms with Crippen molar-refractivity contribution in [3.05, 3.63) is 64.2 Å². The fourth-order valence-electron chi connectivity index (χ4n) is 3.67. The van der Waals surface area contributed by atoms with Gasteiger partial charge in [-0.1, -0.05) is 103 Å². The first-order chi connectivity index (χ1) is 12.0. The summed E-state index contributed by atoms with van der Waals surface area (Å²) < 4.78 is 0. The molecule has 3 rings (SSSR count). The molecule has 1 heteroatoms. The van der Waals surface area contributed by atoms with Gasteiger partial charge in [-0.25, -0.2) is 0 Å². The number of rotatable bonds is 2. The minimum atomic E-state index is 0. The van der Waals surface area contributed by atoms with Crippen LogP contribution in [0, 0.1) is 5.92 Å². The van der Waals surface area contributed by atoms with E-state index >= 15 is 0 Å². The quantitative estimate of drug-likeness (QED) is 0.515. The van der Waals surface area contributed by atoms with E-state index in [-0.39, 0.29) is 29.7 Å². The number of allylic oxidation sites excluding steroid dienone is 1. The Morgan fingerprint density at radius 3 is 1.85 bits per heavy atom. The van der Waals surface area contributed by atoms with Gasteiger partial charge in [0.15, 0.2) is 0 Å². The van der Waals surface area contributed by atoms with Gasteiger partial charge in [0, 0.05) is 0 Å². The average molecular weight is 355 g/mol. The molecule has 0 bridgehead atoms. The number of hydrogen-bond acceptors (Lipinski definition) is 0. The van der Waals surface area contributed by atoms with Crippen LogP contribution in [-0.4, -0.2) is 18.9 Å². The van der Waals surface area contributed by atoms with Crippen LogP contribution in [0.25, 0.3) is 17.2 Å². The fourth-order valence-corrected chi connectivity index (χ4v) is 3.67. The van der Waals surface area contributed by atoms with Crippen LogP contribution in [0.2, 0.25) is 0 Å². The summed E-state index contributed by atoms with van der Waals surface area (Å²) in [6.07, 6.45) is 3.54. The molecule has 0 saturated carbocycles. The number of hydrogen-bond donors (Lipinski definition) is 0. The zero-order valence-corrected chi connectivity index (χ0v) is 17.8. The molecule has 0 fully saturated rings. The molecule has 27 heavy (non-hydrogen) atoms. The monoisotopic (exact) mass is 354 g/mol.